The van der Waals surface area contributed by atoms with E-state index in [9.17, 15) is 0 Å². The second-order valence-corrected chi connectivity index (χ2v) is 4.60. The van der Waals surface area contributed by atoms with Crippen LogP contribution in [-0.2, 0) is 6.42 Å². The highest BCUT2D eigenvalue weighted by Crippen LogP contribution is 2.22. The van der Waals surface area contributed by atoms with Crippen LogP contribution in [0.3, 0.4) is 0 Å². The molecule has 0 amide bonds. The van der Waals surface area contributed by atoms with Gasteiger partial charge in [-0.1, -0.05) is 12.1 Å². The summed E-state index contributed by atoms with van der Waals surface area (Å²) in [6, 6.07) is 7.94. The molecule has 1 atom stereocenters. The Morgan fingerprint density at radius 3 is 3.06 bits per heavy atom. The Hall–Kier alpha value is -1.43. The molecule has 0 spiro atoms. The first-order valence-electron chi connectivity index (χ1n) is 5.32. The fraction of sp³-hybridized carbons (Fsp3) is 0.250. The minimum Gasteiger partial charge on any atom is -0.497 e. The number of methoxy groups -OCH3 is 1. The molecule has 1 aromatic carbocycles. The number of hydrogen-bond acceptors (Lipinski definition) is 5. The van der Waals surface area contributed by atoms with Gasteiger partial charge in [-0.3, -0.25) is 11.3 Å². The Bertz CT molecular complexity index is 459. The van der Waals surface area contributed by atoms with Crippen molar-refractivity contribution in [3.63, 3.8) is 0 Å². The van der Waals surface area contributed by atoms with Crippen molar-refractivity contribution in [2.75, 3.05) is 7.11 Å². The molecule has 2 aromatic rings. The number of nitrogens with one attached hydrogen (secondary N) is 1. The molecule has 1 aromatic heterocycles. The van der Waals surface area contributed by atoms with E-state index >= 15 is 0 Å². The van der Waals surface area contributed by atoms with Crippen molar-refractivity contribution in [2.24, 2.45) is 5.84 Å². The van der Waals surface area contributed by atoms with Gasteiger partial charge in [0.05, 0.1) is 18.2 Å². The molecule has 90 valence electrons. The number of rotatable bonds is 5. The lowest BCUT2D eigenvalue weighted by atomic mass is 10.0. The number of ether oxygens (including phenoxy) is 1. The Morgan fingerprint density at radius 1 is 1.53 bits per heavy atom. The number of benzene rings is 1. The highest BCUT2D eigenvalue weighted by atomic mass is 32.1. The van der Waals surface area contributed by atoms with Crippen molar-refractivity contribution >= 4 is 11.3 Å². The van der Waals surface area contributed by atoms with Gasteiger partial charge in [0.25, 0.3) is 0 Å². The number of thiazole rings is 1. The lowest BCUT2D eigenvalue weighted by Gasteiger charge is -2.15. The van der Waals surface area contributed by atoms with E-state index in [4.69, 9.17) is 10.6 Å². The Morgan fingerprint density at radius 2 is 2.41 bits per heavy atom. The third-order valence-corrected chi connectivity index (χ3v) is 3.36. The smallest absolute Gasteiger partial charge is 0.119 e. The Balaban J connectivity index is 2.16. The van der Waals surface area contributed by atoms with Crippen molar-refractivity contribution < 1.29 is 4.74 Å². The van der Waals surface area contributed by atoms with Crippen molar-refractivity contribution in [2.45, 2.75) is 12.5 Å². The number of hydrazine groups is 1. The highest BCUT2D eigenvalue weighted by Gasteiger charge is 2.12. The third kappa shape index (κ3) is 3.03. The Kier molecular flexibility index (Phi) is 4.08. The largest absolute Gasteiger partial charge is 0.497 e. The van der Waals surface area contributed by atoms with Gasteiger partial charge in [-0.2, -0.15) is 0 Å². The average molecular weight is 249 g/mol. The molecule has 3 N–H and O–H groups in total. The molecule has 0 saturated heterocycles. The summed E-state index contributed by atoms with van der Waals surface area (Å²) >= 11 is 1.63. The minimum atomic E-state index is 0.0521. The van der Waals surface area contributed by atoms with Crippen LogP contribution >= 0.6 is 11.3 Å². The summed E-state index contributed by atoms with van der Waals surface area (Å²) in [7, 11) is 1.66. The van der Waals surface area contributed by atoms with Gasteiger partial charge in [-0.25, -0.2) is 4.98 Å². The van der Waals surface area contributed by atoms with Crippen LogP contribution in [0.25, 0.3) is 0 Å². The molecule has 0 fully saturated rings. The predicted octanol–water partition coefficient (Wildman–Crippen LogP) is 1.90. The molecule has 5 heteroatoms. The molecule has 1 unspecified atom stereocenters. The van der Waals surface area contributed by atoms with Gasteiger partial charge in [0.15, 0.2) is 0 Å². The van der Waals surface area contributed by atoms with Crippen molar-refractivity contribution in [1.29, 1.82) is 0 Å². The van der Waals surface area contributed by atoms with Crippen LogP contribution in [0, 0.1) is 0 Å². The van der Waals surface area contributed by atoms with Crippen LogP contribution in [0.2, 0.25) is 0 Å². The predicted molar refractivity (Wildman–Crippen MR) is 68.9 cm³/mol. The van der Waals surface area contributed by atoms with E-state index in [1.165, 1.54) is 0 Å². The number of hydrogen-bond donors (Lipinski definition) is 2. The quantitative estimate of drug-likeness (QED) is 0.627. The van der Waals surface area contributed by atoms with E-state index in [-0.39, 0.29) is 6.04 Å². The molecule has 2 rings (SSSR count). The second-order valence-electron chi connectivity index (χ2n) is 3.63. The maximum atomic E-state index is 5.60. The van der Waals surface area contributed by atoms with E-state index in [1.807, 2.05) is 29.6 Å². The summed E-state index contributed by atoms with van der Waals surface area (Å²) in [5, 5.41) is 3.03. The molecule has 0 bridgehead atoms. The Labute approximate surface area is 104 Å². The molecular formula is C12H15N3OS. The monoisotopic (exact) mass is 249 g/mol. The molecule has 17 heavy (non-hydrogen) atoms. The van der Waals surface area contributed by atoms with Gasteiger partial charge in [0, 0.05) is 18.0 Å². The standard InChI is InChI=1S/C12H15N3OS/c1-16-10-4-2-3-9(7-10)11(15-13)8-12-14-5-6-17-12/h2-7,11,15H,8,13H2,1H3. The van der Waals surface area contributed by atoms with Crippen LogP contribution in [-0.4, -0.2) is 12.1 Å². The average Bonchev–Trinajstić information content (AvgIpc) is 2.89. The summed E-state index contributed by atoms with van der Waals surface area (Å²) in [5.41, 5.74) is 3.92. The van der Waals surface area contributed by atoms with Gasteiger partial charge in [-0.05, 0) is 17.7 Å². The first-order chi connectivity index (χ1) is 8.33. The molecular weight excluding hydrogens is 234 g/mol. The van der Waals surface area contributed by atoms with Gasteiger partial charge in [0.1, 0.15) is 5.75 Å². The third-order valence-electron chi connectivity index (χ3n) is 2.56. The number of nitrogens with zero attached hydrogens (tertiary/aromatic N) is 1. The maximum absolute atomic E-state index is 5.60. The highest BCUT2D eigenvalue weighted by molar-refractivity contribution is 7.09. The maximum Gasteiger partial charge on any atom is 0.119 e. The molecule has 4 nitrogen and oxygen atoms in total. The zero-order chi connectivity index (χ0) is 12.1. The molecule has 0 saturated carbocycles. The summed E-state index contributed by atoms with van der Waals surface area (Å²) in [4.78, 5) is 4.26. The number of aromatic nitrogens is 1. The molecule has 0 aliphatic heterocycles. The van der Waals surface area contributed by atoms with Crippen LogP contribution in [0.5, 0.6) is 5.75 Å². The first-order valence-corrected chi connectivity index (χ1v) is 6.20. The zero-order valence-corrected chi connectivity index (χ0v) is 10.4. The van der Waals surface area contributed by atoms with E-state index in [0.717, 1.165) is 22.7 Å². The van der Waals surface area contributed by atoms with Gasteiger partial charge in [-0.15, -0.1) is 11.3 Å². The second kappa shape index (κ2) is 5.77. The van der Waals surface area contributed by atoms with Gasteiger partial charge < -0.3 is 4.74 Å². The van der Waals surface area contributed by atoms with Crippen LogP contribution in [0.1, 0.15) is 16.6 Å². The SMILES string of the molecule is COc1cccc(C(Cc2nccs2)NN)c1. The van der Waals surface area contributed by atoms with E-state index in [0.29, 0.717) is 0 Å². The molecule has 0 aliphatic carbocycles. The normalized spacial score (nSPS) is 12.4. The molecule has 0 aliphatic rings. The van der Waals surface area contributed by atoms with Gasteiger partial charge in [0.2, 0.25) is 0 Å². The van der Waals surface area contributed by atoms with Gasteiger partial charge >= 0.3 is 0 Å². The lowest BCUT2D eigenvalue weighted by molar-refractivity contribution is 0.413. The van der Waals surface area contributed by atoms with E-state index in [1.54, 1.807) is 24.6 Å². The molecule has 0 radical (unpaired) electrons. The summed E-state index contributed by atoms with van der Waals surface area (Å²) in [6.07, 6.45) is 2.58. The minimum absolute atomic E-state index is 0.0521. The van der Waals surface area contributed by atoms with Crippen molar-refractivity contribution in [3.05, 3.63) is 46.4 Å². The number of nitrogens with two attached hydrogens (primary N) is 1. The van der Waals surface area contributed by atoms with E-state index < -0.39 is 0 Å². The fourth-order valence-corrected chi connectivity index (χ4v) is 2.32. The lowest BCUT2D eigenvalue weighted by Crippen LogP contribution is -2.29. The topological polar surface area (TPSA) is 60.2 Å². The summed E-state index contributed by atoms with van der Waals surface area (Å²) in [5.74, 6) is 6.43. The van der Waals surface area contributed by atoms with E-state index in [2.05, 4.69) is 10.4 Å². The zero-order valence-electron chi connectivity index (χ0n) is 9.59. The first kappa shape index (κ1) is 12.0. The van der Waals surface area contributed by atoms with Crippen molar-refractivity contribution in [1.82, 2.24) is 10.4 Å². The van der Waals surface area contributed by atoms with Crippen LogP contribution in [0.15, 0.2) is 35.8 Å². The van der Waals surface area contributed by atoms with Crippen LogP contribution < -0.4 is 16.0 Å². The fourth-order valence-electron chi connectivity index (χ4n) is 1.66. The summed E-state index contributed by atoms with van der Waals surface area (Å²) < 4.78 is 5.20. The summed E-state index contributed by atoms with van der Waals surface area (Å²) in [6.45, 7) is 0. The molecule has 1 heterocycles. The van der Waals surface area contributed by atoms with Crippen LogP contribution in [0.4, 0.5) is 0 Å². The van der Waals surface area contributed by atoms with Crippen molar-refractivity contribution in [3.8, 4) is 5.75 Å².